The zero-order valence-electron chi connectivity index (χ0n) is 11.9. The van der Waals surface area contributed by atoms with Crippen LogP contribution in [-0.2, 0) is 10.0 Å². The lowest BCUT2D eigenvalue weighted by atomic mass is 10.1. The third-order valence-corrected chi connectivity index (χ3v) is 4.47. The van der Waals surface area contributed by atoms with Gasteiger partial charge in [-0.1, -0.05) is 17.7 Å². The first-order chi connectivity index (χ1) is 9.81. The molecule has 0 fully saturated rings. The van der Waals surface area contributed by atoms with Crippen molar-refractivity contribution in [2.24, 2.45) is 0 Å². The number of carbonyl (C=O) groups excluding carboxylic acids is 1. The molecule has 1 aromatic heterocycles. The highest BCUT2D eigenvalue weighted by Crippen LogP contribution is 2.21. The summed E-state index contributed by atoms with van der Waals surface area (Å²) in [5, 5.41) is 0. The number of amides is 1. The smallest absolute Gasteiger partial charge is 0.301 e. The molecule has 0 atom stereocenters. The summed E-state index contributed by atoms with van der Waals surface area (Å²) < 4.78 is 29.5. The van der Waals surface area contributed by atoms with E-state index >= 15 is 0 Å². The molecule has 1 aromatic carbocycles. The van der Waals surface area contributed by atoms with Crippen molar-refractivity contribution >= 4 is 15.9 Å². The second-order valence-corrected chi connectivity index (χ2v) is 6.38. The van der Waals surface area contributed by atoms with Crippen LogP contribution in [0.2, 0.25) is 0 Å². The third kappa shape index (κ3) is 3.32. The lowest BCUT2D eigenvalue weighted by Gasteiger charge is -2.13. The summed E-state index contributed by atoms with van der Waals surface area (Å²) in [6, 6.07) is 6.52. The van der Waals surface area contributed by atoms with E-state index in [0.29, 0.717) is 11.1 Å². The van der Waals surface area contributed by atoms with Crippen LogP contribution in [0.1, 0.15) is 27.2 Å². The van der Waals surface area contributed by atoms with Crippen molar-refractivity contribution < 1.29 is 17.6 Å². The van der Waals surface area contributed by atoms with Crippen LogP contribution < -0.4 is 10.3 Å². The van der Waals surface area contributed by atoms with Gasteiger partial charge in [-0.25, -0.2) is 8.42 Å². The van der Waals surface area contributed by atoms with E-state index in [0.717, 1.165) is 5.56 Å². The highest BCUT2D eigenvalue weighted by atomic mass is 32.2. The molecule has 0 spiro atoms. The quantitative estimate of drug-likeness (QED) is 0.843. The average molecular weight is 308 g/mol. The Balaban J connectivity index is 2.22. The Hall–Kier alpha value is -2.12. The first-order valence-corrected chi connectivity index (χ1v) is 7.73. The Labute approximate surface area is 123 Å². The summed E-state index contributed by atoms with van der Waals surface area (Å²) in [6.07, 6.45) is 1.33. The summed E-state index contributed by atoms with van der Waals surface area (Å²) in [7, 11) is -3.85. The molecule has 0 aliphatic rings. The van der Waals surface area contributed by atoms with Gasteiger partial charge in [-0.15, -0.1) is 4.83 Å². The first-order valence-electron chi connectivity index (χ1n) is 6.25. The molecule has 112 valence electrons. The van der Waals surface area contributed by atoms with Gasteiger partial charge < -0.3 is 4.42 Å². The summed E-state index contributed by atoms with van der Waals surface area (Å²) in [6.45, 7) is 5.31. The number of sulfonamides is 1. The van der Waals surface area contributed by atoms with E-state index in [4.69, 9.17) is 4.42 Å². The molecule has 0 bridgehead atoms. The Morgan fingerprint density at radius 1 is 1.14 bits per heavy atom. The minimum Gasteiger partial charge on any atom is -0.459 e. The fourth-order valence-electron chi connectivity index (χ4n) is 2.22. The average Bonchev–Trinajstić information content (AvgIpc) is 2.88. The van der Waals surface area contributed by atoms with Gasteiger partial charge in [0.2, 0.25) is 0 Å². The number of hydrazine groups is 1. The highest BCUT2D eigenvalue weighted by molar-refractivity contribution is 7.89. The lowest BCUT2D eigenvalue weighted by Crippen LogP contribution is -2.41. The Kier molecular flexibility index (Phi) is 4.15. The number of furan rings is 1. The van der Waals surface area contributed by atoms with Crippen LogP contribution in [0.4, 0.5) is 0 Å². The molecule has 0 radical (unpaired) electrons. The van der Waals surface area contributed by atoms with E-state index in [-0.39, 0.29) is 10.7 Å². The molecule has 1 heterocycles. The maximum absolute atomic E-state index is 12.3. The van der Waals surface area contributed by atoms with Crippen LogP contribution in [0.5, 0.6) is 0 Å². The molecule has 21 heavy (non-hydrogen) atoms. The Morgan fingerprint density at radius 3 is 2.29 bits per heavy atom. The van der Waals surface area contributed by atoms with E-state index in [1.807, 2.05) is 6.92 Å². The van der Waals surface area contributed by atoms with Crippen LogP contribution in [0.25, 0.3) is 0 Å². The Morgan fingerprint density at radius 2 is 1.76 bits per heavy atom. The van der Waals surface area contributed by atoms with Crippen LogP contribution >= 0.6 is 0 Å². The zero-order valence-corrected chi connectivity index (χ0v) is 12.7. The van der Waals surface area contributed by atoms with E-state index in [1.165, 1.54) is 18.4 Å². The van der Waals surface area contributed by atoms with Crippen LogP contribution in [0, 0.1) is 20.8 Å². The molecule has 7 heteroatoms. The fraction of sp³-hybridized carbons (Fsp3) is 0.214. The summed E-state index contributed by atoms with van der Waals surface area (Å²) >= 11 is 0. The van der Waals surface area contributed by atoms with Crippen molar-refractivity contribution in [1.29, 1.82) is 0 Å². The predicted molar refractivity (Wildman–Crippen MR) is 77.1 cm³/mol. The van der Waals surface area contributed by atoms with E-state index in [1.54, 1.807) is 26.0 Å². The van der Waals surface area contributed by atoms with Gasteiger partial charge in [0.1, 0.15) is 0 Å². The molecular weight excluding hydrogens is 292 g/mol. The van der Waals surface area contributed by atoms with Gasteiger partial charge in [-0.2, -0.15) is 0 Å². The second-order valence-electron chi connectivity index (χ2n) is 4.76. The number of aryl methyl sites for hydroxylation is 3. The molecule has 0 saturated heterocycles. The minimum atomic E-state index is -3.85. The fourth-order valence-corrected chi connectivity index (χ4v) is 3.52. The van der Waals surface area contributed by atoms with Gasteiger partial charge in [-0.05, 0) is 44.0 Å². The second kappa shape index (κ2) is 5.71. The van der Waals surface area contributed by atoms with Crippen LogP contribution in [0.15, 0.2) is 39.8 Å². The molecule has 0 unspecified atom stereocenters. The standard InChI is InChI=1S/C14H16N2O4S/c1-9-7-10(2)13(11(3)8-9)21(18,19)16-15-14(17)12-5-4-6-20-12/h4-8,16H,1-3H3,(H,15,17). The van der Waals surface area contributed by atoms with E-state index < -0.39 is 15.9 Å². The van der Waals surface area contributed by atoms with Crippen molar-refractivity contribution in [3.05, 3.63) is 53.0 Å². The van der Waals surface area contributed by atoms with Gasteiger partial charge >= 0.3 is 5.91 Å². The van der Waals surface area contributed by atoms with Crippen LogP contribution in [0.3, 0.4) is 0 Å². The predicted octanol–water partition coefficient (Wildman–Crippen LogP) is 1.83. The number of hydrogen-bond donors (Lipinski definition) is 2. The maximum Gasteiger partial charge on any atom is 0.301 e. The summed E-state index contributed by atoms with van der Waals surface area (Å²) in [5.74, 6) is -0.638. The Bertz CT molecular complexity index is 741. The van der Waals surface area contributed by atoms with Crippen molar-refractivity contribution in [1.82, 2.24) is 10.3 Å². The molecule has 0 saturated carbocycles. The van der Waals surface area contributed by atoms with Gasteiger partial charge in [0.05, 0.1) is 11.2 Å². The summed E-state index contributed by atoms with van der Waals surface area (Å²) in [4.78, 5) is 13.9. The van der Waals surface area contributed by atoms with Crippen molar-refractivity contribution in [3.63, 3.8) is 0 Å². The monoisotopic (exact) mass is 308 g/mol. The summed E-state index contributed by atoms with van der Waals surface area (Å²) in [5.41, 5.74) is 4.33. The number of rotatable bonds is 4. The first kappa shape index (κ1) is 15.3. The zero-order chi connectivity index (χ0) is 15.6. The molecular formula is C14H16N2O4S. The molecule has 2 rings (SSSR count). The molecule has 2 N–H and O–H groups in total. The molecule has 1 amide bonds. The van der Waals surface area contributed by atoms with Gasteiger partial charge in [0, 0.05) is 0 Å². The van der Waals surface area contributed by atoms with Crippen molar-refractivity contribution in [2.75, 3.05) is 0 Å². The number of hydrogen-bond acceptors (Lipinski definition) is 4. The highest BCUT2D eigenvalue weighted by Gasteiger charge is 2.21. The topological polar surface area (TPSA) is 88.4 Å². The molecule has 0 aliphatic carbocycles. The molecule has 2 aromatic rings. The number of carbonyl (C=O) groups is 1. The number of nitrogens with one attached hydrogen (secondary N) is 2. The van der Waals surface area contributed by atoms with Crippen molar-refractivity contribution in [2.45, 2.75) is 25.7 Å². The van der Waals surface area contributed by atoms with Gasteiger partial charge in [-0.3, -0.25) is 10.2 Å². The minimum absolute atomic E-state index is 0.0232. The largest absolute Gasteiger partial charge is 0.459 e. The van der Waals surface area contributed by atoms with Gasteiger partial charge in [0.15, 0.2) is 5.76 Å². The normalized spacial score (nSPS) is 11.4. The third-order valence-electron chi connectivity index (χ3n) is 2.92. The van der Waals surface area contributed by atoms with E-state index in [9.17, 15) is 13.2 Å². The van der Waals surface area contributed by atoms with E-state index in [2.05, 4.69) is 10.3 Å². The maximum atomic E-state index is 12.3. The molecule has 0 aliphatic heterocycles. The van der Waals surface area contributed by atoms with Gasteiger partial charge in [0.25, 0.3) is 10.0 Å². The van der Waals surface area contributed by atoms with Crippen LogP contribution in [-0.4, -0.2) is 14.3 Å². The lowest BCUT2D eigenvalue weighted by molar-refractivity contribution is 0.0917. The van der Waals surface area contributed by atoms with Crippen molar-refractivity contribution in [3.8, 4) is 0 Å². The SMILES string of the molecule is Cc1cc(C)c(S(=O)(=O)NNC(=O)c2ccco2)c(C)c1. The number of benzene rings is 1. The molecule has 6 nitrogen and oxygen atoms in total.